The van der Waals surface area contributed by atoms with Crippen molar-refractivity contribution >= 4 is 29.9 Å². The molecule has 1 atom stereocenters. The van der Waals surface area contributed by atoms with E-state index in [4.69, 9.17) is 9.05 Å². The van der Waals surface area contributed by atoms with E-state index >= 15 is 0 Å². The average molecular weight is 312 g/mol. The van der Waals surface area contributed by atoms with Crippen LogP contribution in [0.2, 0.25) is 0 Å². The number of phenolic OH excluding ortho intramolecular Hbond substituents is 1. The minimum absolute atomic E-state index is 0.109. The van der Waals surface area contributed by atoms with Crippen LogP contribution in [-0.4, -0.2) is 10.3 Å². The summed E-state index contributed by atoms with van der Waals surface area (Å²) in [6, 6.07) is 13.6. The highest BCUT2D eigenvalue weighted by molar-refractivity contribution is 7.50. The minimum Gasteiger partial charge on any atom is -0.507 e. The number of rotatable bonds is 0. The van der Waals surface area contributed by atoms with Crippen LogP contribution in [0.5, 0.6) is 17.2 Å². The molecule has 0 saturated heterocycles. The van der Waals surface area contributed by atoms with E-state index in [1.807, 2.05) is 30.3 Å². The molecule has 1 heterocycles. The second-order valence-electron chi connectivity index (χ2n) is 6.55. The number of hydrogen-bond acceptors (Lipinski definition) is 3. The minimum atomic E-state index is -1.12. The molecule has 0 aliphatic carbocycles. The fourth-order valence-corrected chi connectivity index (χ4v) is 4.03. The molecule has 0 spiro atoms. The Morgan fingerprint density at radius 1 is 0.909 bits per heavy atom. The Hall–Kier alpha value is -1.99. The molecular formula is C18H17O3P. The Balaban J connectivity index is 2.11. The van der Waals surface area contributed by atoms with Gasteiger partial charge in [-0.1, -0.05) is 24.3 Å². The van der Waals surface area contributed by atoms with Gasteiger partial charge in [-0.05, 0) is 49.7 Å². The Labute approximate surface area is 130 Å². The van der Waals surface area contributed by atoms with Gasteiger partial charge in [0, 0.05) is 0 Å². The molecule has 1 N–H and O–H groups in total. The van der Waals surface area contributed by atoms with Crippen molar-refractivity contribution < 1.29 is 14.2 Å². The maximum absolute atomic E-state index is 10.3. The Kier molecular flexibility index (Phi) is 2.79. The summed E-state index contributed by atoms with van der Waals surface area (Å²) in [7, 11) is -1.12. The lowest BCUT2D eigenvalue weighted by Crippen LogP contribution is -2.20. The molecule has 1 unspecified atom stereocenters. The van der Waals surface area contributed by atoms with Crippen molar-refractivity contribution in [3.63, 3.8) is 0 Å². The van der Waals surface area contributed by atoms with Crippen molar-refractivity contribution in [3.8, 4) is 17.2 Å². The third-order valence-electron chi connectivity index (χ3n) is 3.80. The van der Waals surface area contributed by atoms with Gasteiger partial charge in [0.1, 0.15) is 11.5 Å². The van der Waals surface area contributed by atoms with Crippen molar-refractivity contribution in [1.82, 2.24) is 0 Å². The number of phenols is 1. The zero-order valence-electron chi connectivity index (χ0n) is 12.8. The van der Waals surface area contributed by atoms with Gasteiger partial charge in [-0.15, -0.1) is 0 Å². The molecule has 0 aromatic heterocycles. The summed E-state index contributed by atoms with van der Waals surface area (Å²) in [5.74, 6) is 1.83. The molecule has 0 bridgehead atoms. The van der Waals surface area contributed by atoms with Gasteiger partial charge in [-0.25, -0.2) is 0 Å². The van der Waals surface area contributed by atoms with Crippen molar-refractivity contribution in [2.75, 3.05) is 0 Å². The SMILES string of the molecule is CC(C)(C)P1Oc2cccc3cc4cccc(O)c4c(c23)O1. The zero-order valence-corrected chi connectivity index (χ0v) is 13.6. The van der Waals surface area contributed by atoms with Crippen LogP contribution in [0.3, 0.4) is 0 Å². The van der Waals surface area contributed by atoms with Gasteiger partial charge in [0.15, 0.2) is 5.75 Å². The third kappa shape index (κ3) is 1.93. The van der Waals surface area contributed by atoms with E-state index in [1.165, 1.54) is 0 Å². The predicted octanol–water partition coefficient (Wildman–Crippen LogP) is 5.58. The summed E-state index contributed by atoms with van der Waals surface area (Å²) in [5, 5.41) is 14.0. The maximum atomic E-state index is 10.3. The maximum Gasteiger partial charge on any atom is 0.296 e. The number of hydrogen-bond donors (Lipinski definition) is 1. The van der Waals surface area contributed by atoms with Crippen molar-refractivity contribution in [2.45, 2.75) is 25.9 Å². The number of benzene rings is 3. The first kappa shape index (κ1) is 13.7. The lowest BCUT2D eigenvalue weighted by atomic mass is 10.0. The van der Waals surface area contributed by atoms with Gasteiger partial charge in [-0.3, -0.25) is 0 Å². The van der Waals surface area contributed by atoms with Gasteiger partial charge in [0.05, 0.1) is 15.9 Å². The molecule has 1 aliphatic heterocycles. The van der Waals surface area contributed by atoms with E-state index in [0.717, 1.165) is 33.0 Å². The first-order valence-electron chi connectivity index (χ1n) is 7.29. The highest BCUT2D eigenvalue weighted by atomic mass is 31.2. The lowest BCUT2D eigenvalue weighted by Gasteiger charge is -2.34. The van der Waals surface area contributed by atoms with E-state index in [0.29, 0.717) is 0 Å². The summed E-state index contributed by atoms with van der Waals surface area (Å²) in [6.07, 6.45) is 0. The molecule has 1 aliphatic rings. The predicted molar refractivity (Wildman–Crippen MR) is 91.0 cm³/mol. The average Bonchev–Trinajstić information content (AvgIpc) is 2.46. The third-order valence-corrected chi connectivity index (χ3v) is 5.61. The van der Waals surface area contributed by atoms with Crippen LogP contribution in [0.25, 0.3) is 21.5 Å². The molecule has 0 fully saturated rings. The fourth-order valence-electron chi connectivity index (χ4n) is 2.76. The van der Waals surface area contributed by atoms with Crippen LogP contribution in [0.4, 0.5) is 0 Å². The Morgan fingerprint density at radius 2 is 1.59 bits per heavy atom. The molecule has 112 valence electrons. The topological polar surface area (TPSA) is 38.7 Å². The molecule has 22 heavy (non-hydrogen) atoms. The van der Waals surface area contributed by atoms with Crippen molar-refractivity contribution in [1.29, 1.82) is 0 Å². The lowest BCUT2D eigenvalue weighted by molar-refractivity contribution is 0.444. The monoisotopic (exact) mass is 312 g/mol. The van der Waals surface area contributed by atoms with Crippen LogP contribution < -0.4 is 9.05 Å². The van der Waals surface area contributed by atoms with Gasteiger partial charge in [0.2, 0.25) is 0 Å². The van der Waals surface area contributed by atoms with Gasteiger partial charge >= 0.3 is 0 Å². The first-order chi connectivity index (χ1) is 10.4. The molecule has 0 saturated carbocycles. The van der Waals surface area contributed by atoms with Crippen LogP contribution in [0.1, 0.15) is 20.8 Å². The van der Waals surface area contributed by atoms with Crippen LogP contribution in [0.15, 0.2) is 42.5 Å². The second kappa shape index (κ2) is 4.50. The van der Waals surface area contributed by atoms with Gasteiger partial charge < -0.3 is 14.2 Å². The molecule has 0 amide bonds. The Bertz CT molecular complexity index is 872. The van der Waals surface area contributed by atoms with Crippen LogP contribution >= 0.6 is 8.38 Å². The van der Waals surface area contributed by atoms with E-state index in [-0.39, 0.29) is 10.9 Å². The number of aromatic hydroxyl groups is 1. The molecule has 3 nitrogen and oxygen atoms in total. The van der Waals surface area contributed by atoms with E-state index in [1.54, 1.807) is 6.07 Å². The summed E-state index contributed by atoms with van der Waals surface area (Å²) >= 11 is 0. The number of fused-ring (bicyclic) bond motifs is 2. The highest BCUT2D eigenvalue weighted by Gasteiger charge is 2.36. The van der Waals surface area contributed by atoms with E-state index in [2.05, 4.69) is 26.8 Å². The highest BCUT2D eigenvalue weighted by Crippen LogP contribution is 2.60. The molecule has 4 rings (SSSR count). The summed E-state index contributed by atoms with van der Waals surface area (Å²) in [6.45, 7) is 6.32. The Morgan fingerprint density at radius 3 is 2.32 bits per heavy atom. The summed E-state index contributed by atoms with van der Waals surface area (Å²) in [4.78, 5) is 0. The molecule has 3 aromatic carbocycles. The first-order valence-corrected chi connectivity index (χ1v) is 8.46. The standard InChI is InChI=1S/C18H17O3P/c1-18(2,3)22-20-14-9-5-7-12-10-11-6-4-8-13(19)15(11)17(21-22)16(12)14/h4-10,19H,1-3H3. The second-order valence-corrected chi connectivity index (χ2v) is 8.77. The zero-order chi connectivity index (χ0) is 15.5. The fraction of sp³-hybridized carbons (Fsp3) is 0.222. The molecular weight excluding hydrogens is 295 g/mol. The summed E-state index contributed by atoms with van der Waals surface area (Å²) < 4.78 is 12.4. The largest absolute Gasteiger partial charge is 0.507 e. The molecule has 4 heteroatoms. The van der Waals surface area contributed by atoms with E-state index in [9.17, 15) is 5.11 Å². The van der Waals surface area contributed by atoms with Gasteiger partial charge in [0.25, 0.3) is 8.38 Å². The summed E-state index contributed by atoms with van der Waals surface area (Å²) in [5.41, 5.74) is 0. The van der Waals surface area contributed by atoms with Crippen LogP contribution in [0, 0.1) is 0 Å². The molecule has 0 radical (unpaired) electrons. The smallest absolute Gasteiger partial charge is 0.296 e. The van der Waals surface area contributed by atoms with Crippen LogP contribution in [-0.2, 0) is 0 Å². The van der Waals surface area contributed by atoms with Crippen molar-refractivity contribution in [2.24, 2.45) is 0 Å². The van der Waals surface area contributed by atoms with Gasteiger partial charge in [-0.2, -0.15) is 0 Å². The molecule has 3 aromatic rings. The quantitative estimate of drug-likeness (QED) is 0.435. The van der Waals surface area contributed by atoms with E-state index < -0.39 is 8.38 Å². The van der Waals surface area contributed by atoms with Crippen molar-refractivity contribution in [3.05, 3.63) is 42.5 Å². The normalized spacial score (nSPS) is 17.3.